The minimum Gasteiger partial charge on any atom is -0.352 e. The van der Waals surface area contributed by atoms with Gasteiger partial charge in [0.15, 0.2) is 5.11 Å². The van der Waals surface area contributed by atoms with Crippen molar-refractivity contribution in [1.82, 2.24) is 19.8 Å². The van der Waals surface area contributed by atoms with E-state index in [0.29, 0.717) is 0 Å². The number of pyridine rings is 1. The van der Waals surface area contributed by atoms with E-state index in [1.807, 2.05) is 30.5 Å². The predicted molar refractivity (Wildman–Crippen MR) is 119 cm³/mol. The van der Waals surface area contributed by atoms with Gasteiger partial charge < -0.3 is 14.8 Å². The highest BCUT2D eigenvalue weighted by Crippen LogP contribution is 2.39. The number of nitro groups is 1. The van der Waals surface area contributed by atoms with Crippen LogP contribution in [0.25, 0.3) is 5.69 Å². The maximum Gasteiger partial charge on any atom is 0.269 e. The molecule has 0 amide bonds. The molecule has 30 heavy (non-hydrogen) atoms. The number of thiocarbonyl (C=S) groups is 1. The fourth-order valence-corrected chi connectivity index (χ4v) is 4.23. The van der Waals surface area contributed by atoms with Crippen molar-refractivity contribution in [2.75, 3.05) is 6.54 Å². The topological polar surface area (TPSA) is 76.2 Å². The van der Waals surface area contributed by atoms with Gasteiger partial charge in [-0.25, -0.2) is 0 Å². The quantitative estimate of drug-likeness (QED) is 0.343. The number of unbranched alkanes of at least 4 members (excludes halogenated alkanes) is 1. The Bertz CT molecular complexity index is 1040. The smallest absolute Gasteiger partial charge is 0.269 e. The average molecular weight is 422 g/mol. The van der Waals surface area contributed by atoms with Gasteiger partial charge in [-0.05, 0) is 55.0 Å². The molecule has 4 rings (SSSR count). The van der Waals surface area contributed by atoms with Crippen molar-refractivity contribution < 1.29 is 4.92 Å². The van der Waals surface area contributed by atoms with Crippen LogP contribution in [0.1, 0.15) is 43.2 Å². The molecule has 3 aromatic rings. The molecule has 2 unspecified atom stereocenters. The van der Waals surface area contributed by atoms with Crippen molar-refractivity contribution in [2.24, 2.45) is 0 Å². The van der Waals surface area contributed by atoms with Crippen LogP contribution in [0, 0.1) is 10.1 Å². The summed E-state index contributed by atoms with van der Waals surface area (Å²) in [5.74, 6) is 0. The number of hydrogen-bond acceptors (Lipinski definition) is 4. The van der Waals surface area contributed by atoms with Crippen LogP contribution >= 0.6 is 12.2 Å². The van der Waals surface area contributed by atoms with Gasteiger partial charge in [0.2, 0.25) is 0 Å². The molecule has 0 spiro atoms. The second-order valence-electron chi connectivity index (χ2n) is 7.25. The third-order valence-corrected chi connectivity index (χ3v) is 5.72. The third kappa shape index (κ3) is 3.78. The Morgan fingerprint density at radius 1 is 1.17 bits per heavy atom. The van der Waals surface area contributed by atoms with Gasteiger partial charge in [0.05, 0.1) is 22.7 Å². The van der Waals surface area contributed by atoms with E-state index < -0.39 is 0 Å². The standard InChI is InChI=1S/C22H23N5O2S/c1-2-3-14-26-21(20(24-22(26)30)18-7-4-5-13-23-18)19-8-6-15-25(19)16-9-11-17(12-10-16)27(28)29/h4-13,15,20-21H,2-3,14H2,1H3,(H,24,30). The maximum atomic E-state index is 11.0. The normalized spacial score (nSPS) is 18.4. The second kappa shape index (κ2) is 8.62. The van der Waals surface area contributed by atoms with Crippen molar-refractivity contribution in [3.63, 3.8) is 0 Å². The van der Waals surface area contributed by atoms with Gasteiger partial charge in [0.1, 0.15) is 0 Å². The Kier molecular flexibility index (Phi) is 5.76. The molecule has 2 atom stereocenters. The van der Waals surface area contributed by atoms with Crippen LogP contribution in [0.2, 0.25) is 0 Å². The molecule has 0 saturated carbocycles. The first-order chi connectivity index (χ1) is 14.6. The van der Waals surface area contributed by atoms with E-state index in [1.54, 1.807) is 18.3 Å². The second-order valence-corrected chi connectivity index (χ2v) is 7.64. The first kappa shape index (κ1) is 20.0. The number of non-ortho nitro benzene ring substituents is 1. The highest BCUT2D eigenvalue weighted by atomic mass is 32.1. The number of nitrogens with one attached hydrogen (secondary N) is 1. The van der Waals surface area contributed by atoms with Crippen LogP contribution in [0.4, 0.5) is 5.69 Å². The van der Waals surface area contributed by atoms with Crippen molar-refractivity contribution in [2.45, 2.75) is 31.8 Å². The summed E-state index contributed by atoms with van der Waals surface area (Å²) in [4.78, 5) is 17.4. The van der Waals surface area contributed by atoms with E-state index in [-0.39, 0.29) is 22.7 Å². The Morgan fingerprint density at radius 2 is 1.97 bits per heavy atom. The van der Waals surface area contributed by atoms with Gasteiger partial charge in [0, 0.05) is 42.5 Å². The van der Waals surface area contributed by atoms with Crippen LogP contribution in [0.15, 0.2) is 67.0 Å². The summed E-state index contributed by atoms with van der Waals surface area (Å²) in [7, 11) is 0. The molecule has 1 saturated heterocycles. The van der Waals surface area contributed by atoms with Gasteiger partial charge in [-0.1, -0.05) is 19.4 Å². The number of hydrogen-bond donors (Lipinski definition) is 1. The van der Waals surface area contributed by atoms with E-state index >= 15 is 0 Å². The van der Waals surface area contributed by atoms with Crippen molar-refractivity contribution in [3.8, 4) is 5.69 Å². The van der Waals surface area contributed by atoms with Crippen LogP contribution in [-0.2, 0) is 0 Å². The average Bonchev–Trinajstić information content (AvgIpc) is 3.37. The fraction of sp³-hybridized carbons (Fsp3) is 0.273. The molecule has 7 nitrogen and oxygen atoms in total. The largest absolute Gasteiger partial charge is 0.352 e. The van der Waals surface area contributed by atoms with E-state index in [9.17, 15) is 10.1 Å². The summed E-state index contributed by atoms with van der Waals surface area (Å²) in [5.41, 5.74) is 2.93. The van der Waals surface area contributed by atoms with Crippen molar-refractivity contribution in [1.29, 1.82) is 0 Å². The molecular formula is C22H23N5O2S. The first-order valence-corrected chi connectivity index (χ1v) is 10.4. The lowest BCUT2D eigenvalue weighted by atomic mass is 10.0. The molecule has 154 valence electrons. The molecule has 1 aromatic carbocycles. The van der Waals surface area contributed by atoms with Crippen molar-refractivity contribution in [3.05, 3.63) is 88.5 Å². The Balaban J connectivity index is 1.76. The Labute approximate surface area is 180 Å². The zero-order valence-electron chi connectivity index (χ0n) is 16.6. The molecule has 0 bridgehead atoms. The van der Waals surface area contributed by atoms with Crippen molar-refractivity contribution >= 4 is 23.0 Å². The Hall–Kier alpha value is -3.26. The lowest BCUT2D eigenvalue weighted by Gasteiger charge is -2.29. The number of nitro benzene ring substituents is 1. The van der Waals surface area contributed by atoms with Crippen LogP contribution < -0.4 is 5.32 Å². The zero-order valence-corrected chi connectivity index (χ0v) is 17.5. The minimum atomic E-state index is -0.386. The number of aromatic nitrogens is 2. The molecule has 1 aliphatic rings. The SMILES string of the molecule is CCCCN1C(=S)NC(c2ccccn2)C1c1cccn1-c1ccc([N+](=O)[O-])cc1. The van der Waals surface area contributed by atoms with E-state index in [4.69, 9.17) is 12.2 Å². The molecule has 0 radical (unpaired) electrons. The molecule has 1 aliphatic heterocycles. The van der Waals surface area contributed by atoms with Gasteiger partial charge in [-0.15, -0.1) is 0 Å². The summed E-state index contributed by atoms with van der Waals surface area (Å²) in [5, 5.41) is 15.2. The molecular weight excluding hydrogens is 398 g/mol. The number of benzene rings is 1. The Morgan fingerprint density at radius 3 is 2.63 bits per heavy atom. The lowest BCUT2D eigenvalue weighted by molar-refractivity contribution is -0.384. The monoisotopic (exact) mass is 421 g/mol. The van der Waals surface area contributed by atoms with E-state index in [2.05, 4.69) is 32.8 Å². The number of rotatable bonds is 7. The summed E-state index contributed by atoms with van der Waals surface area (Å²) in [6, 6.07) is 16.4. The van der Waals surface area contributed by atoms with Crippen LogP contribution in [0.3, 0.4) is 0 Å². The van der Waals surface area contributed by atoms with Crippen LogP contribution in [0.5, 0.6) is 0 Å². The summed E-state index contributed by atoms with van der Waals surface area (Å²) >= 11 is 5.69. The highest BCUT2D eigenvalue weighted by Gasteiger charge is 2.40. The highest BCUT2D eigenvalue weighted by molar-refractivity contribution is 7.80. The fourth-order valence-electron chi connectivity index (χ4n) is 3.90. The molecule has 3 heterocycles. The van der Waals surface area contributed by atoms with Gasteiger partial charge >= 0.3 is 0 Å². The molecule has 2 aromatic heterocycles. The molecule has 1 fully saturated rings. The summed E-state index contributed by atoms with van der Waals surface area (Å²) < 4.78 is 2.07. The zero-order chi connectivity index (χ0) is 21.1. The third-order valence-electron chi connectivity index (χ3n) is 5.37. The summed E-state index contributed by atoms with van der Waals surface area (Å²) in [6.07, 6.45) is 5.88. The van der Waals surface area contributed by atoms with Gasteiger partial charge in [0.25, 0.3) is 5.69 Å². The van der Waals surface area contributed by atoms with Gasteiger partial charge in [-0.2, -0.15) is 0 Å². The predicted octanol–water partition coefficient (Wildman–Crippen LogP) is 4.55. The summed E-state index contributed by atoms with van der Waals surface area (Å²) in [6.45, 7) is 3.01. The van der Waals surface area contributed by atoms with Gasteiger partial charge in [-0.3, -0.25) is 15.1 Å². The first-order valence-electron chi connectivity index (χ1n) is 10.00. The van der Waals surface area contributed by atoms with E-state index in [0.717, 1.165) is 41.6 Å². The molecule has 0 aliphatic carbocycles. The maximum absolute atomic E-state index is 11.0. The molecule has 1 N–H and O–H groups in total. The number of nitrogens with zero attached hydrogens (tertiary/aromatic N) is 4. The lowest BCUT2D eigenvalue weighted by Crippen LogP contribution is -2.31. The van der Waals surface area contributed by atoms with E-state index in [1.165, 1.54) is 12.1 Å². The molecule has 8 heteroatoms. The van der Waals surface area contributed by atoms with Crippen LogP contribution in [-0.4, -0.2) is 31.0 Å². The minimum absolute atomic E-state index is 0.0378.